The number of aldehydes is 1. The van der Waals surface area contributed by atoms with Gasteiger partial charge in [0.2, 0.25) is 5.22 Å². The predicted molar refractivity (Wildman–Crippen MR) is 58.8 cm³/mol. The van der Waals surface area contributed by atoms with Crippen molar-refractivity contribution in [3.8, 4) is 11.5 Å². The van der Waals surface area contributed by atoms with Crippen molar-refractivity contribution in [2.45, 2.75) is 0 Å². The normalized spacial score (nSPS) is 11.0. The zero-order chi connectivity index (χ0) is 11.3. The quantitative estimate of drug-likeness (QED) is 0.605. The van der Waals surface area contributed by atoms with E-state index in [0.29, 0.717) is 23.3 Å². The minimum absolute atomic E-state index is 0.0204. The highest BCUT2D eigenvalue weighted by molar-refractivity contribution is 6.35. The molecule has 3 nitrogen and oxygen atoms in total. The van der Waals surface area contributed by atoms with E-state index in [2.05, 4.69) is 0 Å². The first-order valence-corrected chi connectivity index (χ1v) is 4.79. The monoisotopic (exact) mass is 246 g/mol. The van der Waals surface area contributed by atoms with Gasteiger partial charge in [0.1, 0.15) is 11.5 Å². The highest BCUT2D eigenvalue weighted by Gasteiger charge is 2.06. The zero-order valence-electron chi connectivity index (χ0n) is 7.87. The van der Waals surface area contributed by atoms with Crippen molar-refractivity contribution in [3.63, 3.8) is 0 Å². The molecule has 1 rings (SSSR count). The maximum absolute atomic E-state index is 10.7. The van der Waals surface area contributed by atoms with Gasteiger partial charge in [-0.3, -0.25) is 4.79 Å². The first-order chi connectivity index (χ1) is 7.21. The van der Waals surface area contributed by atoms with E-state index in [1.54, 1.807) is 18.2 Å². The maximum Gasteiger partial charge on any atom is 0.205 e. The minimum Gasteiger partial charge on any atom is -0.497 e. The summed E-state index contributed by atoms with van der Waals surface area (Å²) >= 11 is 10.9. The molecule has 0 N–H and O–H groups in total. The molecular formula is C10H8Cl2O3. The van der Waals surface area contributed by atoms with Crippen LogP contribution in [0.4, 0.5) is 0 Å². The van der Waals surface area contributed by atoms with Crippen molar-refractivity contribution in [2.75, 3.05) is 7.11 Å². The van der Waals surface area contributed by atoms with Gasteiger partial charge in [-0.25, -0.2) is 0 Å². The van der Waals surface area contributed by atoms with Gasteiger partial charge in [0.15, 0.2) is 6.29 Å². The van der Waals surface area contributed by atoms with Crippen molar-refractivity contribution in [1.82, 2.24) is 0 Å². The van der Waals surface area contributed by atoms with Crippen LogP contribution in [0.15, 0.2) is 29.0 Å². The Morgan fingerprint density at radius 3 is 2.73 bits per heavy atom. The van der Waals surface area contributed by atoms with Crippen LogP contribution in [0.3, 0.4) is 0 Å². The molecule has 0 spiro atoms. The van der Waals surface area contributed by atoms with Crippen LogP contribution in [0.25, 0.3) is 0 Å². The number of hydrogen-bond donors (Lipinski definition) is 0. The van der Waals surface area contributed by atoms with Crippen molar-refractivity contribution >= 4 is 29.5 Å². The lowest BCUT2D eigenvalue weighted by atomic mass is 10.2. The molecule has 15 heavy (non-hydrogen) atoms. The van der Waals surface area contributed by atoms with Gasteiger partial charge in [0.25, 0.3) is 0 Å². The number of halogens is 2. The summed E-state index contributed by atoms with van der Waals surface area (Å²) in [5, 5.41) is -0.0204. The first kappa shape index (κ1) is 11.9. The number of methoxy groups -OCH3 is 1. The molecule has 1 aromatic rings. The van der Waals surface area contributed by atoms with Crippen molar-refractivity contribution in [1.29, 1.82) is 0 Å². The molecule has 0 saturated heterocycles. The molecule has 0 bridgehead atoms. The van der Waals surface area contributed by atoms with Crippen LogP contribution in [0.1, 0.15) is 10.4 Å². The number of carbonyl (C=O) groups is 1. The van der Waals surface area contributed by atoms with Gasteiger partial charge in [0.05, 0.1) is 18.2 Å². The molecule has 0 heterocycles. The van der Waals surface area contributed by atoms with Crippen LogP contribution >= 0.6 is 23.2 Å². The summed E-state index contributed by atoms with van der Waals surface area (Å²) in [7, 11) is 1.51. The second-order valence-electron chi connectivity index (χ2n) is 2.54. The van der Waals surface area contributed by atoms with Crippen LogP contribution in [0.5, 0.6) is 11.5 Å². The van der Waals surface area contributed by atoms with Crippen LogP contribution in [0.2, 0.25) is 0 Å². The molecule has 0 saturated carbocycles. The number of ether oxygens (including phenoxy) is 2. The second-order valence-corrected chi connectivity index (χ2v) is 3.13. The molecule has 0 aliphatic carbocycles. The average Bonchev–Trinajstić information content (AvgIpc) is 2.28. The molecule has 80 valence electrons. The Balaban J connectivity index is 3.06. The average molecular weight is 247 g/mol. The molecule has 0 unspecified atom stereocenters. The smallest absolute Gasteiger partial charge is 0.205 e. The fourth-order valence-corrected chi connectivity index (χ4v) is 1.08. The molecule has 0 aliphatic rings. The SMILES string of the molecule is COc1ccc(C=O)c(O/C(Cl)=C\Cl)c1. The Hall–Kier alpha value is -1.19. The summed E-state index contributed by atoms with van der Waals surface area (Å²) in [4.78, 5) is 10.7. The summed E-state index contributed by atoms with van der Waals surface area (Å²) in [6.45, 7) is 0. The lowest BCUT2D eigenvalue weighted by Crippen LogP contribution is -1.94. The van der Waals surface area contributed by atoms with E-state index in [4.69, 9.17) is 32.7 Å². The highest BCUT2D eigenvalue weighted by atomic mass is 35.5. The van der Waals surface area contributed by atoms with Crippen molar-refractivity contribution in [2.24, 2.45) is 0 Å². The molecular weight excluding hydrogens is 239 g/mol. The zero-order valence-corrected chi connectivity index (χ0v) is 9.38. The third-order valence-corrected chi connectivity index (χ3v) is 2.14. The Bertz CT molecular complexity index is 388. The summed E-state index contributed by atoms with van der Waals surface area (Å²) in [5.41, 5.74) is 1.43. The summed E-state index contributed by atoms with van der Waals surface area (Å²) in [5.74, 6) is 0.862. The van der Waals surface area contributed by atoms with Gasteiger partial charge in [0, 0.05) is 6.07 Å². The molecule has 1 aromatic carbocycles. The van der Waals surface area contributed by atoms with E-state index >= 15 is 0 Å². The fraction of sp³-hybridized carbons (Fsp3) is 0.100. The van der Waals surface area contributed by atoms with Crippen molar-refractivity contribution < 1.29 is 14.3 Å². The van der Waals surface area contributed by atoms with E-state index in [1.165, 1.54) is 7.11 Å². The topological polar surface area (TPSA) is 35.5 Å². The lowest BCUT2D eigenvalue weighted by molar-refractivity contribution is 0.112. The van der Waals surface area contributed by atoms with Gasteiger partial charge in [-0.1, -0.05) is 11.6 Å². The summed E-state index contributed by atoms with van der Waals surface area (Å²) < 4.78 is 10.1. The minimum atomic E-state index is -0.0204. The van der Waals surface area contributed by atoms with Crippen LogP contribution in [-0.2, 0) is 0 Å². The Kier molecular flexibility index (Phi) is 4.46. The van der Waals surface area contributed by atoms with Gasteiger partial charge >= 0.3 is 0 Å². The first-order valence-electron chi connectivity index (χ1n) is 3.98. The number of carbonyl (C=O) groups excluding carboxylic acids is 1. The van der Waals surface area contributed by atoms with E-state index in [0.717, 1.165) is 5.54 Å². The molecule has 0 aliphatic heterocycles. The third-order valence-electron chi connectivity index (χ3n) is 1.64. The van der Waals surface area contributed by atoms with E-state index < -0.39 is 0 Å². The fourth-order valence-electron chi connectivity index (χ4n) is 0.955. The largest absolute Gasteiger partial charge is 0.497 e. The van der Waals surface area contributed by atoms with Crippen LogP contribution in [0, 0.1) is 0 Å². The summed E-state index contributed by atoms with van der Waals surface area (Å²) in [6, 6.07) is 4.76. The molecule has 0 aromatic heterocycles. The van der Waals surface area contributed by atoms with Crippen molar-refractivity contribution in [3.05, 3.63) is 34.5 Å². The van der Waals surface area contributed by atoms with Crippen LogP contribution in [-0.4, -0.2) is 13.4 Å². The van der Waals surface area contributed by atoms with Gasteiger partial charge in [-0.05, 0) is 23.7 Å². The number of benzene rings is 1. The van der Waals surface area contributed by atoms with Crippen LogP contribution < -0.4 is 9.47 Å². The predicted octanol–water partition coefficient (Wildman–Crippen LogP) is 3.16. The van der Waals surface area contributed by atoms with Gasteiger partial charge in [-0.2, -0.15) is 0 Å². The molecule has 5 heteroatoms. The summed E-state index contributed by atoms with van der Waals surface area (Å²) in [6.07, 6.45) is 0.660. The Labute approximate surface area is 97.2 Å². The number of rotatable bonds is 4. The Morgan fingerprint density at radius 1 is 1.47 bits per heavy atom. The lowest BCUT2D eigenvalue weighted by Gasteiger charge is -2.07. The standard InChI is InChI=1S/C10H8Cl2O3/c1-14-8-3-2-7(6-13)9(4-8)15-10(12)5-11/h2-6H,1H3/b10-5-. The van der Waals surface area contributed by atoms with Gasteiger partial charge in [-0.15, -0.1) is 0 Å². The maximum atomic E-state index is 10.7. The highest BCUT2D eigenvalue weighted by Crippen LogP contribution is 2.26. The van der Waals surface area contributed by atoms with E-state index in [-0.39, 0.29) is 5.22 Å². The third kappa shape index (κ3) is 3.15. The second kappa shape index (κ2) is 5.63. The van der Waals surface area contributed by atoms with E-state index in [9.17, 15) is 4.79 Å². The van der Waals surface area contributed by atoms with E-state index in [1.807, 2.05) is 0 Å². The van der Waals surface area contributed by atoms with Gasteiger partial charge < -0.3 is 9.47 Å². The molecule has 0 radical (unpaired) electrons. The number of hydrogen-bond acceptors (Lipinski definition) is 3. The molecule has 0 amide bonds. The molecule has 0 atom stereocenters. The molecule has 0 fully saturated rings. The Morgan fingerprint density at radius 2 is 2.20 bits per heavy atom.